The average molecular weight is 439 g/mol. The Morgan fingerprint density at radius 1 is 0.968 bits per heavy atom. The summed E-state index contributed by atoms with van der Waals surface area (Å²) in [5.41, 5.74) is 5.51. The van der Waals surface area contributed by atoms with Crippen LogP contribution in [0.3, 0.4) is 0 Å². The van der Waals surface area contributed by atoms with E-state index in [1.807, 2.05) is 11.3 Å². The van der Waals surface area contributed by atoms with Gasteiger partial charge in [0.1, 0.15) is 11.5 Å². The molecule has 31 heavy (non-hydrogen) atoms. The van der Waals surface area contributed by atoms with Crippen LogP contribution >= 0.6 is 11.3 Å². The average Bonchev–Trinajstić information content (AvgIpc) is 3.35. The van der Waals surface area contributed by atoms with Gasteiger partial charge in [0.25, 0.3) is 0 Å². The van der Waals surface area contributed by atoms with Crippen LogP contribution < -0.4 is 9.47 Å². The van der Waals surface area contributed by atoms with Crippen molar-refractivity contribution in [3.05, 3.63) is 46.1 Å². The monoisotopic (exact) mass is 438 g/mol. The van der Waals surface area contributed by atoms with Gasteiger partial charge in [0, 0.05) is 16.3 Å². The fourth-order valence-corrected chi connectivity index (χ4v) is 6.33. The van der Waals surface area contributed by atoms with Gasteiger partial charge in [0.05, 0.1) is 25.5 Å². The second kappa shape index (κ2) is 9.07. The third-order valence-corrected chi connectivity index (χ3v) is 8.00. The fraction of sp³-hybridized carbons (Fsp3) is 0.500. The minimum absolute atomic E-state index is 0.452. The summed E-state index contributed by atoms with van der Waals surface area (Å²) < 4.78 is 13.9. The molecule has 166 valence electrons. The van der Waals surface area contributed by atoms with Gasteiger partial charge in [-0.05, 0) is 75.3 Å². The van der Waals surface area contributed by atoms with Crippen molar-refractivity contribution < 1.29 is 9.47 Å². The summed E-state index contributed by atoms with van der Waals surface area (Å²) in [5, 5.41) is 1.03. The first kappa shape index (κ1) is 21.9. The van der Waals surface area contributed by atoms with Crippen LogP contribution in [0.25, 0.3) is 16.4 Å². The van der Waals surface area contributed by atoms with Crippen LogP contribution in [-0.4, -0.2) is 23.8 Å². The van der Waals surface area contributed by atoms with Gasteiger partial charge < -0.3 is 9.47 Å². The van der Waals surface area contributed by atoms with Crippen molar-refractivity contribution in [2.75, 3.05) is 14.2 Å². The van der Waals surface area contributed by atoms with Crippen molar-refractivity contribution in [3.63, 3.8) is 0 Å². The predicted molar refractivity (Wildman–Crippen MR) is 129 cm³/mol. The highest BCUT2D eigenvalue weighted by Gasteiger charge is 2.30. The number of thiazole rings is 1. The first-order valence-corrected chi connectivity index (χ1v) is 12.1. The molecule has 0 aliphatic heterocycles. The maximum Gasteiger partial charge on any atom is 0.194 e. The molecule has 2 aromatic heterocycles. The van der Waals surface area contributed by atoms with Crippen LogP contribution in [0.15, 0.2) is 24.3 Å². The van der Waals surface area contributed by atoms with Crippen molar-refractivity contribution >= 4 is 11.3 Å². The molecule has 1 aliphatic carbocycles. The molecule has 5 heteroatoms. The molecule has 4 rings (SSSR count). The Labute approximate surface area is 190 Å². The molecule has 2 heterocycles. The lowest BCUT2D eigenvalue weighted by Gasteiger charge is -2.27. The minimum Gasteiger partial charge on any atom is -0.496 e. The van der Waals surface area contributed by atoms with Gasteiger partial charge >= 0.3 is 0 Å². The lowest BCUT2D eigenvalue weighted by Crippen LogP contribution is -2.13. The van der Waals surface area contributed by atoms with E-state index in [-0.39, 0.29) is 0 Å². The van der Waals surface area contributed by atoms with Crippen molar-refractivity contribution in [1.82, 2.24) is 9.55 Å². The largest absolute Gasteiger partial charge is 0.496 e. The maximum absolute atomic E-state index is 5.83. The number of nitrogens with zero attached hydrogens (tertiary/aromatic N) is 2. The first-order valence-electron chi connectivity index (χ1n) is 11.3. The second-order valence-electron chi connectivity index (χ2n) is 8.89. The standard InChI is InChI=1S/C26H34N2O2S/c1-16-14-21(29-5)23(22(15-16)30-6)24-25(19(4)20-10-8-7-9-11-20)31-26(27-24)28-17(2)12-13-18(28)3/h12-15,19-20H,7-11H2,1-6H3. The number of aryl methyl sites for hydroxylation is 3. The molecule has 0 spiro atoms. The summed E-state index contributed by atoms with van der Waals surface area (Å²) in [7, 11) is 3.46. The number of benzene rings is 1. The smallest absolute Gasteiger partial charge is 0.194 e. The Morgan fingerprint density at radius 2 is 1.55 bits per heavy atom. The van der Waals surface area contributed by atoms with Crippen LogP contribution in [-0.2, 0) is 0 Å². The Bertz CT molecular complexity index is 1020. The lowest BCUT2D eigenvalue weighted by molar-refractivity contribution is 0.318. The molecule has 0 saturated heterocycles. The van der Waals surface area contributed by atoms with Crippen molar-refractivity contribution in [1.29, 1.82) is 0 Å². The zero-order chi connectivity index (χ0) is 22.1. The fourth-order valence-electron chi connectivity index (χ4n) is 5.00. The molecule has 4 nitrogen and oxygen atoms in total. The van der Waals surface area contributed by atoms with Gasteiger partial charge in [-0.1, -0.05) is 26.2 Å². The number of rotatable bonds is 6. The number of hydrogen-bond donors (Lipinski definition) is 0. The summed E-state index contributed by atoms with van der Waals surface area (Å²) in [6.07, 6.45) is 6.65. The normalized spacial score (nSPS) is 15.8. The molecule has 3 aromatic rings. The zero-order valence-electron chi connectivity index (χ0n) is 19.6. The van der Waals surface area contributed by atoms with Crippen LogP contribution in [0, 0.1) is 26.7 Å². The Morgan fingerprint density at radius 3 is 2.10 bits per heavy atom. The molecule has 0 amide bonds. The molecule has 1 unspecified atom stereocenters. The van der Waals surface area contributed by atoms with Crippen molar-refractivity contribution in [3.8, 4) is 27.9 Å². The van der Waals surface area contributed by atoms with E-state index in [0.29, 0.717) is 11.8 Å². The van der Waals surface area contributed by atoms with E-state index in [0.717, 1.165) is 33.5 Å². The van der Waals surface area contributed by atoms with Crippen molar-refractivity contribution in [2.45, 2.75) is 65.7 Å². The first-order chi connectivity index (χ1) is 14.9. The summed E-state index contributed by atoms with van der Waals surface area (Å²) in [6.45, 7) is 8.75. The third kappa shape index (κ3) is 4.12. The zero-order valence-corrected chi connectivity index (χ0v) is 20.4. The Kier molecular flexibility index (Phi) is 6.42. The number of hydrogen-bond acceptors (Lipinski definition) is 4. The van der Waals surface area contributed by atoms with E-state index in [9.17, 15) is 0 Å². The summed E-state index contributed by atoms with van der Waals surface area (Å²) in [5.74, 6) is 2.81. The molecule has 1 aromatic carbocycles. The van der Waals surface area contributed by atoms with E-state index in [4.69, 9.17) is 14.5 Å². The maximum atomic E-state index is 5.83. The predicted octanol–water partition coefficient (Wildman–Crippen LogP) is 7.23. The van der Waals surface area contributed by atoms with Crippen molar-refractivity contribution in [2.24, 2.45) is 5.92 Å². The molecular weight excluding hydrogens is 404 g/mol. The molecule has 1 fully saturated rings. The molecule has 1 saturated carbocycles. The molecule has 0 radical (unpaired) electrons. The van der Waals surface area contributed by atoms with E-state index >= 15 is 0 Å². The van der Waals surface area contributed by atoms with Gasteiger partial charge in [0.2, 0.25) is 0 Å². The van der Waals surface area contributed by atoms with E-state index in [2.05, 4.69) is 56.5 Å². The SMILES string of the molecule is COc1cc(C)cc(OC)c1-c1nc(-n2c(C)ccc2C)sc1C(C)C1CCCCC1. The minimum atomic E-state index is 0.452. The number of ether oxygens (including phenoxy) is 2. The summed E-state index contributed by atoms with van der Waals surface area (Å²) in [6, 6.07) is 8.48. The highest BCUT2D eigenvalue weighted by atomic mass is 32.1. The van der Waals surface area contributed by atoms with Gasteiger partial charge in [-0.3, -0.25) is 4.57 Å². The van der Waals surface area contributed by atoms with Gasteiger partial charge in [-0.25, -0.2) is 4.98 Å². The topological polar surface area (TPSA) is 36.3 Å². The molecule has 1 aliphatic rings. The Balaban J connectivity index is 1.93. The Hall–Kier alpha value is -2.27. The lowest BCUT2D eigenvalue weighted by atomic mass is 9.79. The van der Waals surface area contributed by atoms with Crippen LogP contribution in [0.1, 0.15) is 66.8 Å². The van der Waals surface area contributed by atoms with E-state index in [1.54, 1.807) is 14.2 Å². The molecule has 1 atom stereocenters. The number of aromatic nitrogens is 2. The quantitative estimate of drug-likeness (QED) is 0.407. The van der Waals surface area contributed by atoms with Gasteiger partial charge in [0.15, 0.2) is 5.13 Å². The van der Waals surface area contributed by atoms with Crippen LogP contribution in [0.5, 0.6) is 11.5 Å². The number of methoxy groups -OCH3 is 2. The highest BCUT2D eigenvalue weighted by Crippen LogP contribution is 2.48. The molecule has 0 bridgehead atoms. The van der Waals surface area contributed by atoms with E-state index < -0.39 is 0 Å². The van der Waals surface area contributed by atoms with Gasteiger partial charge in [-0.2, -0.15) is 0 Å². The van der Waals surface area contributed by atoms with Gasteiger partial charge in [-0.15, -0.1) is 11.3 Å². The second-order valence-corrected chi connectivity index (χ2v) is 9.90. The van der Waals surface area contributed by atoms with E-state index in [1.165, 1.54) is 48.4 Å². The molecular formula is C26H34N2O2S. The summed E-state index contributed by atoms with van der Waals surface area (Å²) >= 11 is 1.83. The summed E-state index contributed by atoms with van der Waals surface area (Å²) in [4.78, 5) is 6.57. The molecule has 0 N–H and O–H groups in total. The highest BCUT2D eigenvalue weighted by molar-refractivity contribution is 7.14. The third-order valence-electron chi connectivity index (χ3n) is 6.76. The van der Waals surface area contributed by atoms with Crippen LogP contribution in [0.4, 0.5) is 0 Å². The van der Waals surface area contributed by atoms with Crippen LogP contribution in [0.2, 0.25) is 0 Å².